The molecule has 0 saturated carbocycles. The van der Waals surface area contributed by atoms with E-state index < -0.39 is 5.91 Å². The summed E-state index contributed by atoms with van der Waals surface area (Å²) in [4.78, 5) is 11.5. The van der Waals surface area contributed by atoms with Gasteiger partial charge in [0.25, 0.3) is 5.91 Å². The summed E-state index contributed by atoms with van der Waals surface area (Å²) < 4.78 is 0. The number of nitrogens with zero attached hydrogens (tertiary/aromatic N) is 1. The van der Waals surface area contributed by atoms with Crippen molar-refractivity contribution in [1.82, 2.24) is 5.01 Å². The molecule has 1 amide bonds. The normalized spacial score (nSPS) is 9.50. The van der Waals surface area contributed by atoms with Gasteiger partial charge in [-0.25, -0.2) is 10.9 Å². The van der Waals surface area contributed by atoms with Crippen molar-refractivity contribution in [2.24, 2.45) is 11.6 Å². The highest BCUT2D eigenvalue weighted by atomic mass is 32.1. The molecule has 0 aromatic heterocycles. The van der Waals surface area contributed by atoms with E-state index in [0.717, 1.165) is 0 Å². The van der Waals surface area contributed by atoms with Crippen LogP contribution in [0.3, 0.4) is 0 Å². The number of phenolic OH excluding ortho intramolecular Hbond substituents is 1. The largest absolute Gasteiger partial charge is 0.507 e. The fourth-order valence-corrected chi connectivity index (χ4v) is 0.967. The summed E-state index contributed by atoms with van der Waals surface area (Å²) in [5.74, 6) is 4.46. The van der Waals surface area contributed by atoms with E-state index in [2.05, 4.69) is 12.2 Å². The van der Waals surface area contributed by atoms with Gasteiger partial charge in [-0.2, -0.15) is 0 Å². The Morgan fingerprint density at radius 3 is 2.50 bits per heavy atom. The maximum atomic E-state index is 11.5. The Labute approximate surface area is 85.9 Å². The van der Waals surface area contributed by atoms with Crippen LogP contribution in [-0.2, 0) is 0 Å². The molecule has 5 nitrogen and oxygen atoms in total. The van der Waals surface area contributed by atoms with E-state index in [4.69, 9.17) is 11.6 Å². The maximum Gasteiger partial charge on any atom is 0.278 e. The van der Waals surface area contributed by atoms with Gasteiger partial charge < -0.3 is 10.8 Å². The van der Waals surface area contributed by atoms with Gasteiger partial charge in [0, 0.05) is 0 Å². The highest BCUT2D eigenvalue weighted by Crippen LogP contribution is 2.16. The number of nitrogens with two attached hydrogens (primary N) is 2. The summed E-state index contributed by atoms with van der Waals surface area (Å²) in [5, 5.41) is 9.67. The molecule has 6 heteroatoms. The third-order valence-electron chi connectivity index (χ3n) is 1.59. The van der Waals surface area contributed by atoms with Gasteiger partial charge in [0.2, 0.25) is 0 Å². The lowest BCUT2D eigenvalue weighted by molar-refractivity contribution is 0.0845. The standard InChI is InChI=1S/C8H9N3O2S/c9-8(14)11(10)7(13)5-3-1-2-4-6(5)12/h1-4,12H,10H2,(H2,9,14). The molecule has 0 aliphatic rings. The topological polar surface area (TPSA) is 92.6 Å². The Kier molecular flexibility index (Phi) is 3.00. The molecule has 14 heavy (non-hydrogen) atoms. The molecule has 0 aliphatic carbocycles. The first kappa shape index (κ1) is 10.4. The molecule has 74 valence electrons. The summed E-state index contributed by atoms with van der Waals surface area (Å²) in [6, 6.07) is 5.99. The summed E-state index contributed by atoms with van der Waals surface area (Å²) in [7, 11) is 0. The summed E-state index contributed by atoms with van der Waals surface area (Å²) in [6.07, 6.45) is 0. The van der Waals surface area contributed by atoms with Crippen LogP contribution in [0.5, 0.6) is 5.75 Å². The van der Waals surface area contributed by atoms with Crippen molar-refractivity contribution in [3.05, 3.63) is 29.8 Å². The molecule has 0 heterocycles. The van der Waals surface area contributed by atoms with E-state index in [0.29, 0.717) is 5.01 Å². The lowest BCUT2D eigenvalue weighted by Crippen LogP contribution is -2.45. The molecule has 1 rings (SSSR count). The number of hydrazine groups is 1. The van der Waals surface area contributed by atoms with Crippen LogP contribution in [0.15, 0.2) is 24.3 Å². The van der Waals surface area contributed by atoms with Crippen LogP contribution in [0.1, 0.15) is 10.4 Å². The smallest absolute Gasteiger partial charge is 0.278 e. The summed E-state index contributed by atoms with van der Waals surface area (Å²) >= 11 is 4.51. The lowest BCUT2D eigenvalue weighted by Gasteiger charge is -2.14. The number of benzene rings is 1. The number of hydrogen-bond acceptors (Lipinski definition) is 4. The molecule has 0 unspecified atom stereocenters. The van der Waals surface area contributed by atoms with Crippen LogP contribution >= 0.6 is 12.2 Å². The van der Waals surface area contributed by atoms with Crippen LogP contribution in [0.2, 0.25) is 0 Å². The molecule has 1 aromatic carbocycles. The van der Waals surface area contributed by atoms with E-state index in [9.17, 15) is 9.90 Å². The van der Waals surface area contributed by atoms with Crippen LogP contribution in [0.4, 0.5) is 0 Å². The molecule has 0 bridgehead atoms. The Morgan fingerprint density at radius 2 is 2.00 bits per heavy atom. The maximum absolute atomic E-state index is 11.5. The number of hydrogen-bond donors (Lipinski definition) is 3. The molecular formula is C8H9N3O2S. The Balaban J connectivity index is 3.01. The van der Waals surface area contributed by atoms with Gasteiger partial charge in [-0.1, -0.05) is 12.1 Å². The predicted molar refractivity (Wildman–Crippen MR) is 55.2 cm³/mol. The Hall–Kier alpha value is -1.66. The van der Waals surface area contributed by atoms with Crippen molar-refractivity contribution in [1.29, 1.82) is 0 Å². The molecule has 0 fully saturated rings. The molecule has 0 saturated heterocycles. The fourth-order valence-electron chi connectivity index (χ4n) is 0.884. The van der Waals surface area contributed by atoms with Gasteiger partial charge in [-0.15, -0.1) is 0 Å². The second kappa shape index (κ2) is 4.03. The number of para-hydroxylation sites is 1. The third kappa shape index (κ3) is 1.98. The van der Waals surface area contributed by atoms with E-state index in [1.807, 2.05) is 0 Å². The van der Waals surface area contributed by atoms with Crippen LogP contribution in [-0.4, -0.2) is 21.1 Å². The van der Waals surface area contributed by atoms with Crippen molar-refractivity contribution in [2.45, 2.75) is 0 Å². The number of rotatable bonds is 1. The fraction of sp³-hybridized carbons (Fsp3) is 0. The first-order chi connectivity index (χ1) is 6.54. The highest BCUT2D eigenvalue weighted by Gasteiger charge is 2.17. The number of amides is 1. The molecule has 1 aromatic rings. The average molecular weight is 211 g/mol. The van der Waals surface area contributed by atoms with Crippen molar-refractivity contribution in [3.63, 3.8) is 0 Å². The van der Waals surface area contributed by atoms with Gasteiger partial charge >= 0.3 is 0 Å². The molecule has 0 atom stereocenters. The Bertz CT molecular complexity index is 381. The quantitative estimate of drug-likeness (QED) is 0.262. The second-order valence-electron chi connectivity index (χ2n) is 2.53. The Morgan fingerprint density at radius 1 is 1.43 bits per heavy atom. The molecule has 5 N–H and O–H groups in total. The van der Waals surface area contributed by atoms with E-state index in [1.54, 1.807) is 12.1 Å². The number of phenols is 1. The molecule has 0 aliphatic heterocycles. The van der Waals surface area contributed by atoms with Crippen molar-refractivity contribution < 1.29 is 9.90 Å². The van der Waals surface area contributed by atoms with Gasteiger partial charge in [0.1, 0.15) is 5.75 Å². The monoisotopic (exact) mass is 211 g/mol. The zero-order valence-corrected chi connectivity index (χ0v) is 7.99. The van der Waals surface area contributed by atoms with Crippen molar-refractivity contribution in [3.8, 4) is 5.75 Å². The van der Waals surface area contributed by atoms with Gasteiger partial charge in [-0.3, -0.25) is 4.79 Å². The van der Waals surface area contributed by atoms with Crippen molar-refractivity contribution in [2.75, 3.05) is 0 Å². The third-order valence-corrected chi connectivity index (χ3v) is 1.79. The summed E-state index contributed by atoms with van der Waals surface area (Å²) in [5.41, 5.74) is 5.21. The number of carbonyl (C=O) groups excluding carboxylic acids is 1. The zero-order chi connectivity index (χ0) is 10.7. The minimum absolute atomic E-state index is 0.0581. The minimum atomic E-state index is -0.643. The lowest BCUT2D eigenvalue weighted by atomic mass is 10.2. The van der Waals surface area contributed by atoms with E-state index >= 15 is 0 Å². The van der Waals surface area contributed by atoms with Crippen LogP contribution in [0, 0.1) is 0 Å². The first-order valence-electron chi connectivity index (χ1n) is 3.70. The van der Waals surface area contributed by atoms with E-state index in [1.165, 1.54) is 12.1 Å². The van der Waals surface area contributed by atoms with Gasteiger partial charge in [0.15, 0.2) is 5.11 Å². The van der Waals surface area contributed by atoms with E-state index in [-0.39, 0.29) is 16.4 Å². The van der Waals surface area contributed by atoms with Crippen LogP contribution < -0.4 is 11.6 Å². The SMILES string of the molecule is NC(=S)N(N)C(=O)c1ccccc1O. The molecule has 0 spiro atoms. The van der Waals surface area contributed by atoms with Gasteiger partial charge in [0.05, 0.1) is 5.56 Å². The zero-order valence-electron chi connectivity index (χ0n) is 7.18. The number of carbonyl (C=O) groups is 1. The second-order valence-corrected chi connectivity index (χ2v) is 2.95. The predicted octanol–water partition coefficient (Wildman–Crippen LogP) is -0.0483. The minimum Gasteiger partial charge on any atom is -0.507 e. The molecular weight excluding hydrogens is 202 g/mol. The molecule has 0 radical (unpaired) electrons. The van der Waals surface area contributed by atoms with Crippen molar-refractivity contribution >= 4 is 23.2 Å². The number of thiocarbonyl (C=S) groups is 1. The number of aromatic hydroxyl groups is 1. The average Bonchev–Trinajstić information content (AvgIpc) is 2.16. The summed E-state index contributed by atoms with van der Waals surface area (Å²) in [6.45, 7) is 0. The van der Waals surface area contributed by atoms with Gasteiger partial charge in [-0.05, 0) is 24.4 Å². The highest BCUT2D eigenvalue weighted by molar-refractivity contribution is 7.80. The first-order valence-corrected chi connectivity index (χ1v) is 4.11. The van der Waals surface area contributed by atoms with Crippen LogP contribution in [0.25, 0.3) is 0 Å².